The SMILES string of the molecule is CCCCc1ccc(-n2c(C)cc(/C=C3\C(=O)NC(=S)N(c4ccc(CC)cc4)C3=O)c2C)cc1. The van der Waals surface area contributed by atoms with Crippen LogP contribution in [-0.4, -0.2) is 21.5 Å². The van der Waals surface area contributed by atoms with Crippen molar-refractivity contribution in [2.24, 2.45) is 0 Å². The van der Waals surface area contributed by atoms with Crippen molar-refractivity contribution in [3.63, 3.8) is 0 Å². The third-order valence-electron chi connectivity index (χ3n) is 6.49. The number of unbranched alkanes of at least 4 members (excludes halogenated alkanes) is 1. The molecule has 5 nitrogen and oxygen atoms in total. The van der Waals surface area contributed by atoms with Crippen molar-refractivity contribution >= 4 is 40.9 Å². The third kappa shape index (κ3) is 4.98. The van der Waals surface area contributed by atoms with Gasteiger partial charge in [-0.15, -0.1) is 0 Å². The average molecular weight is 486 g/mol. The lowest BCUT2D eigenvalue weighted by Gasteiger charge is -2.29. The van der Waals surface area contributed by atoms with Crippen molar-refractivity contribution in [2.45, 2.75) is 53.4 Å². The lowest BCUT2D eigenvalue weighted by Crippen LogP contribution is -2.54. The Kier molecular flexibility index (Phi) is 7.31. The first-order chi connectivity index (χ1) is 16.8. The van der Waals surface area contributed by atoms with Crippen LogP contribution in [0.25, 0.3) is 11.8 Å². The maximum atomic E-state index is 13.4. The molecule has 180 valence electrons. The molecule has 1 N–H and O–H groups in total. The van der Waals surface area contributed by atoms with Crippen LogP contribution in [0.3, 0.4) is 0 Å². The molecule has 1 aromatic heterocycles. The summed E-state index contributed by atoms with van der Waals surface area (Å²) in [5.41, 5.74) is 7.06. The number of carbonyl (C=O) groups is 2. The van der Waals surface area contributed by atoms with Crippen molar-refractivity contribution in [3.8, 4) is 5.69 Å². The summed E-state index contributed by atoms with van der Waals surface area (Å²) in [5, 5.41) is 2.77. The van der Waals surface area contributed by atoms with E-state index in [1.54, 1.807) is 6.08 Å². The van der Waals surface area contributed by atoms with Gasteiger partial charge in [-0.3, -0.25) is 19.8 Å². The van der Waals surface area contributed by atoms with Crippen molar-refractivity contribution in [3.05, 3.63) is 88.2 Å². The second-order valence-corrected chi connectivity index (χ2v) is 9.30. The lowest BCUT2D eigenvalue weighted by molar-refractivity contribution is -0.122. The number of amides is 2. The maximum absolute atomic E-state index is 13.4. The number of carbonyl (C=O) groups excluding carboxylic acids is 2. The van der Waals surface area contributed by atoms with E-state index in [1.165, 1.54) is 23.3 Å². The second-order valence-electron chi connectivity index (χ2n) is 8.91. The van der Waals surface area contributed by atoms with E-state index in [0.717, 1.165) is 41.0 Å². The van der Waals surface area contributed by atoms with Gasteiger partial charge >= 0.3 is 0 Å². The summed E-state index contributed by atoms with van der Waals surface area (Å²) >= 11 is 5.34. The molecule has 3 aromatic rings. The van der Waals surface area contributed by atoms with Crippen LogP contribution in [0.4, 0.5) is 5.69 Å². The highest BCUT2D eigenvalue weighted by molar-refractivity contribution is 7.80. The second kappa shape index (κ2) is 10.4. The van der Waals surface area contributed by atoms with Gasteiger partial charge in [0.15, 0.2) is 5.11 Å². The van der Waals surface area contributed by atoms with Gasteiger partial charge in [0.25, 0.3) is 11.8 Å². The Morgan fingerprint density at radius 1 is 0.914 bits per heavy atom. The zero-order valence-corrected chi connectivity index (χ0v) is 21.5. The Hall–Kier alpha value is -3.51. The number of nitrogens with one attached hydrogen (secondary N) is 1. The largest absolute Gasteiger partial charge is 0.318 e. The summed E-state index contributed by atoms with van der Waals surface area (Å²) < 4.78 is 2.15. The van der Waals surface area contributed by atoms with Crippen LogP contribution in [0.5, 0.6) is 0 Å². The highest BCUT2D eigenvalue weighted by Gasteiger charge is 2.34. The predicted octanol–water partition coefficient (Wildman–Crippen LogP) is 5.83. The number of hydrogen-bond donors (Lipinski definition) is 1. The standard InChI is InChI=1S/C29H31N3O2S/c1-5-7-8-22-11-15-24(16-12-22)31-19(3)17-23(20(31)4)18-26-27(33)30-29(35)32(28(26)34)25-13-9-21(6-2)10-14-25/h9-18H,5-8H2,1-4H3,(H,30,33,35)/b26-18+. The molecule has 0 spiro atoms. The van der Waals surface area contributed by atoms with Crippen LogP contribution < -0.4 is 10.2 Å². The Morgan fingerprint density at radius 2 is 1.54 bits per heavy atom. The van der Waals surface area contributed by atoms with E-state index in [1.807, 2.05) is 44.2 Å². The number of aryl methyl sites for hydroxylation is 3. The van der Waals surface area contributed by atoms with Crippen LogP contribution >= 0.6 is 12.2 Å². The minimum atomic E-state index is -0.480. The highest BCUT2D eigenvalue weighted by Crippen LogP contribution is 2.26. The smallest absolute Gasteiger partial charge is 0.270 e. The van der Waals surface area contributed by atoms with Gasteiger partial charge in [0.1, 0.15) is 5.57 Å². The molecule has 1 aliphatic rings. The van der Waals surface area contributed by atoms with E-state index in [4.69, 9.17) is 12.2 Å². The first-order valence-electron chi connectivity index (χ1n) is 12.1. The van der Waals surface area contributed by atoms with Gasteiger partial charge in [-0.25, -0.2) is 0 Å². The molecule has 4 rings (SSSR count). The molecule has 0 unspecified atom stereocenters. The van der Waals surface area contributed by atoms with Crippen molar-refractivity contribution in [1.82, 2.24) is 9.88 Å². The fourth-order valence-corrected chi connectivity index (χ4v) is 4.73. The minimum Gasteiger partial charge on any atom is -0.318 e. The molecule has 1 fully saturated rings. The summed E-state index contributed by atoms with van der Waals surface area (Å²) in [4.78, 5) is 27.6. The Morgan fingerprint density at radius 3 is 2.17 bits per heavy atom. The molecule has 2 amide bonds. The van der Waals surface area contributed by atoms with Gasteiger partial charge in [-0.2, -0.15) is 0 Å². The number of hydrogen-bond acceptors (Lipinski definition) is 3. The van der Waals surface area contributed by atoms with Gasteiger partial charge in [-0.1, -0.05) is 44.5 Å². The number of benzene rings is 2. The van der Waals surface area contributed by atoms with Crippen LogP contribution in [0.2, 0.25) is 0 Å². The van der Waals surface area contributed by atoms with Crippen molar-refractivity contribution in [2.75, 3.05) is 4.90 Å². The van der Waals surface area contributed by atoms with E-state index < -0.39 is 11.8 Å². The number of nitrogens with zero attached hydrogens (tertiary/aromatic N) is 2. The quantitative estimate of drug-likeness (QED) is 0.260. The van der Waals surface area contributed by atoms with E-state index >= 15 is 0 Å². The van der Waals surface area contributed by atoms with Crippen molar-refractivity contribution < 1.29 is 9.59 Å². The molecule has 2 heterocycles. The molecule has 1 saturated heterocycles. The van der Waals surface area contributed by atoms with Crippen LogP contribution in [0, 0.1) is 13.8 Å². The van der Waals surface area contributed by atoms with Gasteiger partial charge < -0.3 is 4.57 Å². The van der Waals surface area contributed by atoms with Crippen LogP contribution in [-0.2, 0) is 22.4 Å². The summed E-state index contributed by atoms with van der Waals surface area (Å²) in [7, 11) is 0. The number of rotatable bonds is 7. The highest BCUT2D eigenvalue weighted by atomic mass is 32.1. The molecule has 2 aromatic carbocycles. The molecule has 0 saturated carbocycles. The topological polar surface area (TPSA) is 54.3 Å². The van der Waals surface area contributed by atoms with Gasteiger partial charge in [0.05, 0.1) is 5.69 Å². The minimum absolute atomic E-state index is 0.0633. The number of thiocarbonyl (C=S) groups is 1. The molecule has 6 heteroatoms. The molecule has 0 aliphatic carbocycles. The zero-order chi connectivity index (χ0) is 25.1. The predicted molar refractivity (Wildman–Crippen MR) is 146 cm³/mol. The van der Waals surface area contributed by atoms with Gasteiger partial charge in [0.2, 0.25) is 0 Å². The lowest BCUT2D eigenvalue weighted by atomic mass is 10.1. The summed E-state index contributed by atoms with van der Waals surface area (Å²) in [6.07, 6.45) is 6.00. The Bertz CT molecular complexity index is 1300. The number of anilines is 1. The fraction of sp³-hybridized carbons (Fsp3) is 0.276. The molecule has 0 bridgehead atoms. The first kappa shape index (κ1) is 24.6. The molecular weight excluding hydrogens is 454 g/mol. The van der Waals surface area contributed by atoms with E-state index in [-0.39, 0.29) is 10.7 Å². The number of aromatic nitrogens is 1. The summed E-state index contributed by atoms with van der Waals surface area (Å²) in [6.45, 7) is 8.30. The van der Waals surface area contributed by atoms with E-state index in [0.29, 0.717) is 5.69 Å². The molecule has 35 heavy (non-hydrogen) atoms. The third-order valence-corrected chi connectivity index (χ3v) is 6.77. The monoisotopic (exact) mass is 485 g/mol. The van der Waals surface area contributed by atoms with Crippen molar-refractivity contribution in [1.29, 1.82) is 0 Å². The molecule has 0 radical (unpaired) electrons. The summed E-state index contributed by atoms with van der Waals surface area (Å²) in [6, 6.07) is 18.2. The van der Waals surface area contributed by atoms with Crippen LogP contribution in [0.1, 0.15) is 54.8 Å². The molecule has 1 aliphatic heterocycles. The van der Waals surface area contributed by atoms with Crippen LogP contribution in [0.15, 0.2) is 60.2 Å². The summed E-state index contributed by atoms with van der Waals surface area (Å²) in [5.74, 6) is -0.903. The van der Waals surface area contributed by atoms with E-state index in [2.05, 4.69) is 48.0 Å². The molecular formula is C29H31N3O2S. The van der Waals surface area contributed by atoms with Gasteiger partial charge in [-0.05, 0) is 98.4 Å². The maximum Gasteiger partial charge on any atom is 0.270 e. The molecule has 0 atom stereocenters. The average Bonchev–Trinajstić information content (AvgIpc) is 3.13. The Balaban J connectivity index is 1.67. The zero-order valence-electron chi connectivity index (χ0n) is 20.7. The van der Waals surface area contributed by atoms with E-state index in [9.17, 15) is 9.59 Å². The Labute approximate surface area is 212 Å². The first-order valence-corrected chi connectivity index (χ1v) is 12.5. The fourth-order valence-electron chi connectivity index (χ4n) is 4.45. The van der Waals surface area contributed by atoms with Gasteiger partial charge in [0, 0.05) is 17.1 Å². The normalized spacial score (nSPS) is 15.1.